The van der Waals surface area contributed by atoms with Gasteiger partial charge in [-0.25, -0.2) is 9.07 Å². The fourth-order valence-corrected chi connectivity index (χ4v) is 2.93. The Morgan fingerprint density at radius 2 is 1.85 bits per heavy atom. The molecule has 0 amide bonds. The minimum Gasteiger partial charge on any atom is -0.288 e. The quantitative estimate of drug-likeness (QED) is 0.384. The Labute approximate surface area is 157 Å². The molecule has 3 aromatic rings. The summed E-state index contributed by atoms with van der Waals surface area (Å²) in [5.41, 5.74) is 4.34. The van der Waals surface area contributed by atoms with Gasteiger partial charge in [0, 0.05) is 16.8 Å². The molecule has 27 heavy (non-hydrogen) atoms. The van der Waals surface area contributed by atoms with Crippen LogP contribution in [-0.2, 0) is 0 Å². The molecular weight excluding hydrogens is 341 g/mol. The Hall–Kier alpha value is -3.52. The third-order valence-electron chi connectivity index (χ3n) is 4.35. The van der Waals surface area contributed by atoms with Crippen molar-refractivity contribution >= 4 is 11.9 Å². The zero-order valence-electron chi connectivity index (χ0n) is 15.3. The van der Waals surface area contributed by atoms with E-state index in [-0.39, 0.29) is 17.2 Å². The lowest BCUT2D eigenvalue weighted by atomic mass is 10.00. The van der Waals surface area contributed by atoms with Crippen molar-refractivity contribution in [3.8, 4) is 11.8 Å². The summed E-state index contributed by atoms with van der Waals surface area (Å²) in [6.07, 6.45) is 1.57. The fraction of sp³-hybridized carbons (Fsp3) is 0.136. The third kappa shape index (κ3) is 3.70. The Morgan fingerprint density at radius 3 is 2.48 bits per heavy atom. The van der Waals surface area contributed by atoms with Gasteiger partial charge in [-0.3, -0.25) is 4.79 Å². The lowest BCUT2D eigenvalue weighted by molar-refractivity contribution is 0.104. The van der Waals surface area contributed by atoms with Gasteiger partial charge in [0.2, 0.25) is 5.78 Å². The number of hydrogen-bond acceptors (Lipinski definition) is 3. The van der Waals surface area contributed by atoms with E-state index >= 15 is 0 Å². The molecule has 2 aromatic carbocycles. The first-order valence-corrected chi connectivity index (χ1v) is 8.46. The summed E-state index contributed by atoms with van der Waals surface area (Å²) < 4.78 is 14.8. The lowest BCUT2D eigenvalue weighted by Crippen LogP contribution is -2.03. The second-order valence-corrected chi connectivity index (χ2v) is 6.34. The number of carbonyl (C=O) groups is 1. The molecule has 3 rings (SSSR count). The second kappa shape index (κ2) is 7.38. The number of nitriles is 1. The summed E-state index contributed by atoms with van der Waals surface area (Å²) in [5.74, 6) is -0.648. The normalized spacial score (nSPS) is 11.3. The third-order valence-corrected chi connectivity index (χ3v) is 4.35. The average Bonchev–Trinajstić information content (AvgIpc) is 2.94. The smallest absolute Gasteiger partial charge is 0.203 e. The van der Waals surface area contributed by atoms with Crippen LogP contribution >= 0.6 is 0 Å². The number of aryl methyl sites for hydroxylation is 2. The molecule has 0 saturated heterocycles. The van der Waals surface area contributed by atoms with E-state index in [1.807, 2.05) is 32.9 Å². The SMILES string of the molecule is Cc1cccc(C(=O)/C(C#N)=C/c2c(C)nn(-c3ccc(F)cc3)c2C)c1. The summed E-state index contributed by atoms with van der Waals surface area (Å²) in [7, 11) is 0. The van der Waals surface area contributed by atoms with Gasteiger partial charge >= 0.3 is 0 Å². The highest BCUT2D eigenvalue weighted by atomic mass is 19.1. The van der Waals surface area contributed by atoms with Crippen molar-refractivity contribution in [2.45, 2.75) is 20.8 Å². The lowest BCUT2D eigenvalue weighted by Gasteiger charge is -2.05. The van der Waals surface area contributed by atoms with Crippen LogP contribution in [0.25, 0.3) is 11.8 Å². The number of ketones is 1. The van der Waals surface area contributed by atoms with E-state index in [1.165, 1.54) is 12.1 Å². The van der Waals surface area contributed by atoms with Crippen LogP contribution in [0.1, 0.15) is 32.9 Å². The van der Waals surface area contributed by atoms with Crippen LogP contribution < -0.4 is 0 Å². The summed E-state index contributed by atoms with van der Waals surface area (Å²) >= 11 is 0. The Bertz CT molecular complexity index is 1090. The highest BCUT2D eigenvalue weighted by Crippen LogP contribution is 2.22. The maximum absolute atomic E-state index is 13.2. The number of nitrogens with zero attached hydrogens (tertiary/aromatic N) is 3. The van der Waals surface area contributed by atoms with E-state index in [0.29, 0.717) is 22.5 Å². The molecule has 0 aliphatic heterocycles. The number of halogens is 1. The van der Waals surface area contributed by atoms with Crippen LogP contribution in [0.3, 0.4) is 0 Å². The number of hydrogen-bond donors (Lipinski definition) is 0. The number of Topliss-reactive ketones (excluding diaryl/α,β-unsaturated/α-hetero) is 1. The van der Waals surface area contributed by atoms with Gasteiger partial charge in [-0.15, -0.1) is 0 Å². The zero-order chi connectivity index (χ0) is 19.6. The molecule has 0 fully saturated rings. The molecule has 0 aliphatic rings. The topological polar surface area (TPSA) is 58.7 Å². The van der Waals surface area contributed by atoms with Gasteiger partial charge in [-0.1, -0.05) is 23.8 Å². The minimum atomic E-state index is -0.325. The predicted octanol–water partition coefficient (Wildman–Crippen LogP) is 4.73. The van der Waals surface area contributed by atoms with Gasteiger partial charge in [0.1, 0.15) is 17.5 Å². The van der Waals surface area contributed by atoms with Gasteiger partial charge in [-0.05, 0) is 57.2 Å². The van der Waals surface area contributed by atoms with Gasteiger partial charge in [0.25, 0.3) is 0 Å². The Kier molecular flexibility index (Phi) is 5.00. The van der Waals surface area contributed by atoms with Crippen LogP contribution in [0.4, 0.5) is 4.39 Å². The molecule has 0 radical (unpaired) electrons. The minimum absolute atomic E-state index is 0.0467. The maximum atomic E-state index is 13.2. The average molecular weight is 359 g/mol. The number of rotatable bonds is 4. The van der Waals surface area contributed by atoms with E-state index < -0.39 is 0 Å². The summed E-state index contributed by atoms with van der Waals surface area (Å²) in [6.45, 7) is 5.56. The van der Waals surface area contributed by atoms with Crippen molar-refractivity contribution in [2.24, 2.45) is 0 Å². The van der Waals surface area contributed by atoms with Crippen molar-refractivity contribution in [1.82, 2.24) is 9.78 Å². The molecule has 5 heteroatoms. The van der Waals surface area contributed by atoms with E-state index in [4.69, 9.17) is 0 Å². The number of carbonyl (C=O) groups excluding carboxylic acids is 1. The molecule has 1 heterocycles. The van der Waals surface area contributed by atoms with Crippen molar-refractivity contribution in [1.29, 1.82) is 5.26 Å². The van der Waals surface area contributed by atoms with Gasteiger partial charge < -0.3 is 0 Å². The largest absolute Gasteiger partial charge is 0.288 e. The van der Waals surface area contributed by atoms with Crippen molar-refractivity contribution < 1.29 is 9.18 Å². The predicted molar refractivity (Wildman–Crippen MR) is 102 cm³/mol. The first-order valence-electron chi connectivity index (χ1n) is 8.46. The van der Waals surface area contributed by atoms with E-state index in [2.05, 4.69) is 5.10 Å². The second-order valence-electron chi connectivity index (χ2n) is 6.34. The zero-order valence-corrected chi connectivity index (χ0v) is 15.3. The molecule has 0 spiro atoms. The Morgan fingerprint density at radius 1 is 1.15 bits per heavy atom. The standard InChI is InChI=1S/C22H18FN3O/c1-14-5-4-6-17(11-14)22(27)18(13-24)12-21-15(2)25-26(16(21)3)20-9-7-19(23)8-10-20/h4-12H,1-3H3/b18-12+. The maximum Gasteiger partial charge on any atom is 0.203 e. The van der Waals surface area contributed by atoms with E-state index in [0.717, 1.165) is 11.3 Å². The van der Waals surface area contributed by atoms with Crippen LogP contribution in [0.5, 0.6) is 0 Å². The van der Waals surface area contributed by atoms with Gasteiger partial charge in [-0.2, -0.15) is 10.4 Å². The van der Waals surface area contributed by atoms with Gasteiger partial charge in [0.05, 0.1) is 11.4 Å². The van der Waals surface area contributed by atoms with Crippen molar-refractivity contribution in [3.63, 3.8) is 0 Å². The first kappa shape index (κ1) is 18.3. The Balaban J connectivity index is 2.04. The monoisotopic (exact) mass is 359 g/mol. The molecule has 0 bridgehead atoms. The van der Waals surface area contributed by atoms with Crippen molar-refractivity contribution in [3.05, 3.63) is 88.0 Å². The summed E-state index contributed by atoms with van der Waals surface area (Å²) in [5, 5.41) is 14.0. The van der Waals surface area contributed by atoms with Crippen molar-refractivity contribution in [2.75, 3.05) is 0 Å². The number of aromatic nitrogens is 2. The molecule has 1 aromatic heterocycles. The molecule has 4 nitrogen and oxygen atoms in total. The van der Waals surface area contributed by atoms with Crippen LogP contribution in [0.2, 0.25) is 0 Å². The molecule has 134 valence electrons. The number of allylic oxidation sites excluding steroid dienone is 1. The van der Waals surface area contributed by atoms with Crippen LogP contribution in [-0.4, -0.2) is 15.6 Å². The fourth-order valence-electron chi connectivity index (χ4n) is 2.93. The summed E-state index contributed by atoms with van der Waals surface area (Å²) in [6, 6.07) is 15.1. The highest BCUT2D eigenvalue weighted by Gasteiger charge is 2.16. The van der Waals surface area contributed by atoms with E-state index in [1.54, 1.807) is 41.1 Å². The molecule has 0 atom stereocenters. The molecule has 0 saturated carbocycles. The highest BCUT2D eigenvalue weighted by molar-refractivity contribution is 6.14. The molecular formula is C22H18FN3O. The number of benzene rings is 2. The first-order chi connectivity index (χ1) is 12.9. The van der Waals surface area contributed by atoms with Gasteiger partial charge in [0.15, 0.2) is 0 Å². The molecule has 0 N–H and O–H groups in total. The van der Waals surface area contributed by atoms with E-state index in [9.17, 15) is 14.4 Å². The molecule has 0 unspecified atom stereocenters. The molecule has 0 aliphatic carbocycles. The summed E-state index contributed by atoms with van der Waals surface area (Å²) in [4.78, 5) is 12.7. The van der Waals surface area contributed by atoms with Crippen LogP contribution in [0.15, 0.2) is 54.1 Å². The van der Waals surface area contributed by atoms with Crippen LogP contribution in [0, 0.1) is 37.9 Å².